The molecule has 1 aliphatic carbocycles. The number of halogens is 1. The summed E-state index contributed by atoms with van der Waals surface area (Å²) in [7, 11) is 3.10. The average molecular weight is 238 g/mol. The van der Waals surface area contributed by atoms with E-state index in [1.807, 2.05) is 12.1 Å². The Balaban J connectivity index is 2.53. The number of hydrogen-bond donors (Lipinski definition) is 0. The van der Waals surface area contributed by atoms with Gasteiger partial charge in [-0.3, -0.25) is 0 Å². The lowest BCUT2D eigenvalue weighted by molar-refractivity contribution is 0.393. The van der Waals surface area contributed by atoms with Gasteiger partial charge in [-0.25, -0.2) is 0 Å². The Morgan fingerprint density at radius 1 is 1.25 bits per heavy atom. The molecule has 0 aromatic heterocycles. The summed E-state index contributed by atoms with van der Waals surface area (Å²) in [5.74, 6) is 1.11. The zero-order valence-electron chi connectivity index (χ0n) is 9.21. The predicted molar refractivity (Wildman–Crippen MR) is 61.1 cm³/mol. The summed E-state index contributed by atoms with van der Waals surface area (Å²) in [5, 5.41) is 9.59. The first-order chi connectivity index (χ1) is 7.66. The van der Waals surface area contributed by atoms with Crippen LogP contribution < -0.4 is 9.47 Å². The highest BCUT2D eigenvalue weighted by molar-refractivity contribution is 6.33. The van der Waals surface area contributed by atoms with Gasteiger partial charge in [0.2, 0.25) is 0 Å². The molecule has 0 spiro atoms. The number of hydrogen-bond acceptors (Lipinski definition) is 3. The van der Waals surface area contributed by atoms with Crippen LogP contribution in [-0.4, -0.2) is 14.2 Å². The van der Waals surface area contributed by atoms with Crippen LogP contribution in [0.1, 0.15) is 18.4 Å². The summed E-state index contributed by atoms with van der Waals surface area (Å²) in [6, 6.07) is 5.98. The molecular weight excluding hydrogens is 226 g/mol. The second-order valence-electron chi connectivity index (χ2n) is 3.89. The molecule has 16 heavy (non-hydrogen) atoms. The molecule has 0 unspecified atom stereocenters. The van der Waals surface area contributed by atoms with Gasteiger partial charge in [-0.05, 0) is 30.5 Å². The summed E-state index contributed by atoms with van der Waals surface area (Å²) < 4.78 is 10.3. The summed E-state index contributed by atoms with van der Waals surface area (Å²) in [5.41, 5.74) is 0.568. The summed E-state index contributed by atoms with van der Waals surface area (Å²) >= 11 is 6.06. The average Bonchev–Trinajstić information content (AvgIpc) is 3.10. The van der Waals surface area contributed by atoms with Gasteiger partial charge in [0.05, 0.1) is 25.7 Å². The van der Waals surface area contributed by atoms with Crippen molar-refractivity contribution in [1.82, 2.24) is 0 Å². The minimum Gasteiger partial charge on any atom is -0.495 e. The minimum absolute atomic E-state index is 0.356. The van der Waals surface area contributed by atoms with Crippen LogP contribution in [0.15, 0.2) is 12.1 Å². The van der Waals surface area contributed by atoms with E-state index in [2.05, 4.69) is 6.07 Å². The van der Waals surface area contributed by atoms with Crippen LogP contribution in [0.25, 0.3) is 0 Å². The van der Waals surface area contributed by atoms with Crippen molar-refractivity contribution in [3.8, 4) is 17.6 Å². The maximum atomic E-state index is 9.14. The Morgan fingerprint density at radius 2 is 1.75 bits per heavy atom. The maximum absolute atomic E-state index is 9.14. The molecule has 1 aromatic carbocycles. The smallest absolute Gasteiger partial charge is 0.141 e. The van der Waals surface area contributed by atoms with Gasteiger partial charge in [-0.2, -0.15) is 5.26 Å². The number of ether oxygens (including phenoxy) is 2. The number of methoxy groups -OCH3 is 2. The largest absolute Gasteiger partial charge is 0.495 e. The van der Waals surface area contributed by atoms with Crippen LogP contribution in [0.4, 0.5) is 0 Å². The fourth-order valence-electron chi connectivity index (χ4n) is 1.74. The molecule has 3 nitrogen and oxygen atoms in total. The van der Waals surface area contributed by atoms with Gasteiger partial charge in [0.25, 0.3) is 0 Å². The second-order valence-corrected chi connectivity index (χ2v) is 4.27. The van der Waals surface area contributed by atoms with Gasteiger partial charge < -0.3 is 9.47 Å². The first kappa shape index (κ1) is 11.1. The summed E-state index contributed by atoms with van der Waals surface area (Å²) in [6.07, 6.45) is 1.77. The van der Waals surface area contributed by atoms with Crippen molar-refractivity contribution in [1.29, 1.82) is 5.26 Å². The SMILES string of the molecule is COc1cc(C2(C#N)CC2)cc(OC)c1Cl. The highest BCUT2D eigenvalue weighted by atomic mass is 35.5. The maximum Gasteiger partial charge on any atom is 0.141 e. The predicted octanol–water partition coefficient (Wildman–Crippen LogP) is 2.91. The van der Waals surface area contributed by atoms with E-state index >= 15 is 0 Å². The van der Waals surface area contributed by atoms with Crippen LogP contribution in [0.5, 0.6) is 11.5 Å². The van der Waals surface area contributed by atoms with E-state index in [1.165, 1.54) is 0 Å². The van der Waals surface area contributed by atoms with Gasteiger partial charge >= 0.3 is 0 Å². The summed E-state index contributed by atoms with van der Waals surface area (Å²) in [4.78, 5) is 0. The van der Waals surface area contributed by atoms with Crippen LogP contribution in [0, 0.1) is 11.3 Å². The standard InChI is InChI=1S/C12H12ClNO2/c1-15-9-5-8(12(7-14)3-4-12)6-10(16-2)11(9)13/h5-6H,3-4H2,1-2H3. The van der Waals surface area contributed by atoms with E-state index in [9.17, 15) is 0 Å². The van der Waals surface area contributed by atoms with Gasteiger partial charge in [-0.1, -0.05) is 11.6 Å². The molecule has 1 aromatic rings. The molecule has 1 saturated carbocycles. The molecule has 2 rings (SSSR count). The van der Waals surface area contributed by atoms with Gasteiger partial charge in [-0.15, -0.1) is 0 Å². The van der Waals surface area contributed by atoms with E-state index in [4.69, 9.17) is 26.3 Å². The Labute approximate surface area is 99.5 Å². The monoisotopic (exact) mass is 237 g/mol. The first-order valence-electron chi connectivity index (χ1n) is 5.00. The highest BCUT2D eigenvalue weighted by Crippen LogP contribution is 2.50. The fraction of sp³-hybridized carbons (Fsp3) is 0.417. The number of nitriles is 1. The van der Waals surface area contributed by atoms with Crippen molar-refractivity contribution in [3.05, 3.63) is 22.7 Å². The van der Waals surface area contributed by atoms with Crippen molar-refractivity contribution in [2.75, 3.05) is 14.2 Å². The van der Waals surface area contributed by atoms with Crippen molar-refractivity contribution in [2.45, 2.75) is 18.3 Å². The van der Waals surface area contributed by atoms with E-state index < -0.39 is 0 Å². The third-order valence-corrected chi connectivity index (χ3v) is 3.33. The van der Waals surface area contributed by atoms with Gasteiger partial charge in [0, 0.05) is 0 Å². The molecule has 0 amide bonds. The van der Waals surface area contributed by atoms with Gasteiger partial charge in [0.15, 0.2) is 0 Å². The van der Waals surface area contributed by atoms with E-state index in [0.717, 1.165) is 18.4 Å². The molecule has 0 saturated heterocycles. The lowest BCUT2D eigenvalue weighted by atomic mass is 9.97. The van der Waals surface area contributed by atoms with Crippen molar-refractivity contribution in [2.24, 2.45) is 0 Å². The Kier molecular flexibility index (Phi) is 2.69. The van der Waals surface area contributed by atoms with Crippen LogP contribution in [-0.2, 0) is 5.41 Å². The molecule has 0 heterocycles. The summed E-state index contributed by atoms with van der Waals surface area (Å²) in [6.45, 7) is 0. The van der Waals surface area contributed by atoms with Gasteiger partial charge in [0.1, 0.15) is 16.5 Å². The molecule has 0 radical (unpaired) electrons. The van der Waals surface area contributed by atoms with Crippen molar-refractivity contribution >= 4 is 11.6 Å². The molecule has 0 bridgehead atoms. The number of rotatable bonds is 3. The lowest BCUT2D eigenvalue weighted by Crippen LogP contribution is -2.04. The zero-order valence-corrected chi connectivity index (χ0v) is 9.97. The first-order valence-corrected chi connectivity index (χ1v) is 5.38. The lowest BCUT2D eigenvalue weighted by Gasteiger charge is -2.13. The minimum atomic E-state index is -0.356. The number of benzene rings is 1. The van der Waals surface area contributed by atoms with E-state index in [-0.39, 0.29) is 5.41 Å². The Morgan fingerprint density at radius 3 is 2.06 bits per heavy atom. The normalized spacial score (nSPS) is 16.4. The molecule has 4 heteroatoms. The Hall–Kier alpha value is -1.40. The molecule has 0 atom stereocenters. The molecule has 1 fully saturated rings. The second kappa shape index (κ2) is 3.88. The van der Waals surface area contributed by atoms with Crippen molar-refractivity contribution < 1.29 is 9.47 Å². The quantitative estimate of drug-likeness (QED) is 0.812. The molecule has 84 valence electrons. The molecule has 0 N–H and O–H groups in total. The molecule has 0 aliphatic heterocycles. The third-order valence-electron chi connectivity index (χ3n) is 2.96. The van der Waals surface area contributed by atoms with Crippen LogP contribution in [0.2, 0.25) is 5.02 Å². The van der Waals surface area contributed by atoms with E-state index in [0.29, 0.717) is 16.5 Å². The third kappa shape index (κ3) is 1.60. The topological polar surface area (TPSA) is 42.2 Å². The zero-order chi connectivity index (χ0) is 11.8. The molecular formula is C12H12ClNO2. The van der Waals surface area contributed by atoms with E-state index in [1.54, 1.807) is 14.2 Å². The molecule has 1 aliphatic rings. The fourth-order valence-corrected chi connectivity index (χ4v) is 2.00. The number of nitrogens with zero attached hydrogens (tertiary/aromatic N) is 1. The van der Waals surface area contributed by atoms with Crippen LogP contribution >= 0.6 is 11.6 Å². The van der Waals surface area contributed by atoms with Crippen LogP contribution in [0.3, 0.4) is 0 Å². The van der Waals surface area contributed by atoms with Crippen molar-refractivity contribution in [3.63, 3.8) is 0 Å². The highest BCUT2D eigenvalue weighted by Gasteiger charge is 2.45. The Bertz CT molecular complexity index is 436.